The second kappa shape index (κ2) is 13.0. The number of halogens is 3. The lowest BCUT2D eigenvalue weighted by molar-refractivity contribution is -0.137. The third-order valence-electron chi connectivity index (χ3n) is 6.61. The molecule has 1 fully saturated rings. The molecule has 2 amide bonds. The molecule has 1 atom stereocenters. The van der Waals surface area contributed by atoms with Crippen molar-refractivity contribution >= 4 is 46.5 Å². The quantitative estimate of drug-likeness (QED) is 0.245. The fourth-order valence-electron chi connectivity index (χ4n) is 4.48. The van der Waals surface area contributed by atoms with Crippen molar-refractivity contribution < 1.29 is 37.0 Å². The summed E-state index contributed by atoms with van der Waals surface area (Å²) in [6.07, 6.45) is -4.48. The zero-order valence-corrected chi connectivity index (χ0v) is 23.6. The van der Waals surface area contributed by atoms with E-state index in [4.69, 9.17) is 21.7 Å². The highest BCUT2D eigenvalue weighted by Gasteiger charge is 2.44. The Morgan fingerprint density at radius 3 is 2.33 bits per heavy atom. The van der Waals surface area contributed by atoms with Crippen LogP contribution in [0, 0.1) is 0 Å². The van der Waals surface area contributed by atoms with Gasteiger partial charge in [-0.15, -0.1) is 0 Å². The molecular weight excluding hydrogens is 571 g/mol. The number of esters is 1. The molecule has 0 unspecified atom stereocenters. The molecular formula is C30H28F3N3O5S. The molecule has 1 heterocycles. The lowest BCUT2D eigenvalue weighted by atomic mass is 10.1. The summed E-state index contributed by atoms with van der Waals surface area (Å²) in [5.41, 5.74) is 0.654. The summed E-state index contributed by atoms with van der Waals surface area (Å²) in [5.74, 6) is -0.948. The maximum Gasteiger partial charge on any atom is 0.416 e. The molecule has 1 aliphatic rings. The van der Waals surface area contributed by atoms with Crippen molar-refractivity contribution in [1.29, 1.82) is 0 Å². The van der Waals surface area contributed by atoms with Crippen LogP contribution >= 0.6 is 12.2 Å². The van der Waals surface area contributed by atoms with E-state index >= 15 is 0 Å². The summed E-state index contributed by atoms with van der Waals surface area (Å²) in [5, 5.41) is 2.70. The molecule has 1 saturated heterocycles. The van der Waals surface area contributed by atoms with Crippen molar-refractivity contribution in [3.8, 4) is 5.75 Å². The second-order valence-corrected chi connectivity index (χ2v) is 9.73. The summed E-state index contributed by atoms with van der Waals surface area (Å²) < 4.78 is 50.4. The van der Waals surface area contributed by atoms with Gasteiger partial charge in [-0.3, -0.25) is 14.5 Å². The molecule has 1 aliphatic heterocycles. The number of carbonyl (C=O) groups is 3. The van der Waals surface area contributed by atoms with Gasteiger partial charge in [0.2, 0.25) is 5.91 Å². The minimum atomic E-state index is -4.61. The van der Waals surface area contributed by atoms with Gasteiger partial charge in [-0.05, 0) is 85.7 Å². The molecule has 0 bridgehead atoms. The topological polar surface area (TPSA) is 88.2 Å². The van der Waals surface area contributed by atoms with Crippen LogP contribution in [-0.4, -0.2) is 54.1 Å². The number of nitrogens with one attached hydrogen (secondary N) is 1. The van der Waals surface area contributed by atoms with Crippen molar-refractivity contribution in [3.63, 3.8) is 0 Å². The van der Waals surface area contributed by atoms with Crippen molar-refractivity contribution in [1.82, 2.24) is 4.90 Å². The van der Waals surface area contributed by atoms with Crippen LogP contribution in [-0.2, 0) is 26.9 Å². The van der Waals surface area contributed by atoms with Crippen LogP contribution in [0.4, 0.5) is 24.5 Å². The molecule has 220 valence electrons. The van der Waals surface area contributed by atoms with E-state index in [1.54, 1.807) is 31.1 Å². The number of anilines is 2. The maximum absolute atomic E-state index is 13.6. The third kappa shape index (κ3) is 7.06. The summed E-state index contributed by atoms with van der Waals surface area (Å²) in [7, 11) is 1.55. The molecule has 4 rings (SSSR count). The van der Waals surface area contributed by atoms with Crippen molar-refractivity contribution in [2.75, 3.05) is 30.5 Å². The molecule has 0 spiro atoms. The number of methoxy groups -OCH3 is 1. The Bertz CT molecular complexity index is 1460. The van der Waals surface area contributed by atoms with Gasteiger partial charge in [0.25, 0.3) is 5.91 Å². The van der Waals surface area contributed by atoms with Gasteiger partial charge in [-0.25, -0.2) is 4.79 Å². The van der Waals surface area contributed by atoms with E-state index in [2.05, 4.69) is 5.32 Å². The first kappa shape index (κ1) is 30.5. The molecule has 0 aromatic heterocycles. The molecule has 1 N–H and O–H groups in total. The first-order valence-corrected chi connectivity index (χ1v) is 13.4. The SMILES string of the molecule is CCOC(=O)c1ccc(NC(=O)C[C@@H]2C(=O)N(c3cccc(C(F)(F)F)c3)C(=S)N2CCc2ccc(OC)cc2)cc1. The zero-order chi connectivity index (χ0) is 30.4. The highest BCUT2D eigenvalue weighted by Crippen LogP contribution is 2.34. The molecule has 0 saturated carbocycles. The van der Waals surface area contributed by atoms with Gasteiger partial charge < -0.3 is 19.7 Å². The number of thiocarbonyl (C=S) groups is 1. The van der Waals surface area contributed by atoms with Crippen LogP contribution in [0.3, 0.4) is 0 Å². The Morgan fingerprint density at radius 1 is 1.02 bits per heavy atom. The van der Waals surface area contributed by atoms with E-state index in [0.29, 0.717) is 23.4 Å². The first-order valence-electron chi connectivity index (χ1n) is 13.0. The van der Waals surface area contributed by atoms with Gasteiger partial charge in [0.05, 0.1) is 37.0 Å². The zero-order valence-electron chi connectivity index (χ0n) is 22.8. The minimum Gasteiger partial charge on any atom is -0.497 e. The summed E-state index contributed by atoms with van der Waals surface area (Å²) in [6.45, 7) is 2.15. The highest BCUT2D eigenvalue weighted by molar-refractivity contribution is 7.80. The van der Waals surface area contributed by atoms with Crippen LogP contribution in [0.2, 0.25) is 0 Å². The Hall–Kier alpha value is -4.45. The molecule has 12 heteroatoms. The Labute approximate surface area is 246 Å². The third-order valence-corrected chi connectivity index (χ3v) is 7.03. The average Bonchev–Trinajstić information content (AvgIpc) is 3.20. The molecule has 3 aromatic carbocycles. The second-order valence-electron chi connectivity index (χ2n) is 9.36. The average molecular weight is 600 g/mol. The molecule has 0 aliphatic carbocycles. The van der Waals surface area contributed by atoms with E-state index in [0.717, 1.165) is 22.6 Å². The maximum atomic E-state index is 13.6. The van der Waals surface area contributed by atoms with Gasteiger partial charge >= 0.3 is 12.1 Å². The number of amides is 2. The van der Waals surface area contributed by atoms with Crippen LogP contribution in [0.25, 0.3) is 0 Å². The number of hydrogen-bond donors (Lipinski definition) is 1. The normalized spacial score (nSPS) is 15.1. The van der Waals surface area contributed by atoms with Gasteiger partial charge in [0.1, 0.15) is 11.8 Å². The largest absolute Gasteiger partial charge is 0.497 e. The number of alkyl halides is 3. The predicted octanol–water partition coefficient (Wildman–Crippen LogP) is 5.46. The first-order chi connectivity index (χ1) is 20.0. The van der Waals surface area contributed by atoms with E-state index < -0.39 is 35.6 Å². The smallest absolute Gasteiger partial charge is 0.416 e. The van der Waals surface area contributed by atoms with Gasteiger partial charge in [0.15, 0.2) is 5.11 Å². The fraction of sp³-hybridized carbons (Fsp3) is 0.267. The van der Waals surface area contributed by atoms with E-state index in [-0.39, 0.29) is 30.4 Å². The highest BCUT2D eigenvalue weighted by atomic mass is 32.1. The summed E-state index contributed by atoms with van der Waals surface area (Å²) in [6, 6.07) is 16.6. The number of rotatable bonds is 10. The van der Waals surface area contributed by atoms with Crippen LogP contribution < -0.4 is 15.0 Å². The predicted molar refractivity (Wildman–Crippen MR) is 154 cm³/mol. The van der Waals surface area contributed by atoms with Crippen LogP contribution in [0.15, 0.2) is 72.8 Å². The van der Waals surface area contributed by atoms with Crippen LogP contribution in [0.5, 0.6) is 5.75 Å². The number of ether oxygens (including phenoxy) is 2. The van der Waals surface area contributed by atoms with Crippen molar-refractivity contribution in [2.45, 2.75) is 32.0 Å². The summed E-state index contributed by atoms with van der Waals surface area (Å²) >= 11 is 5.59. The Morgan fingerprint density at radius 2 is 1.71 bits per heavy atom. The number of carbonyl (C=O) groups excluding carboxylic acids is 3. The Balaban J connectivity index is 1.55. The lowest BCUT2D eigenvalue weighted by Gasteiger charge is -2.24. The summed E-state index contributed by atoms with van der Waals surface area (Å²) in [4.78, 5) is 41.2. The van der Waals surface area contributed by atoms with Gasteiger partial charge in [0, 0.05) is 12.2 Å². The number of benzene rings is 3. The van der Waals surface area contributed by atoms with E-state index in [1.165, 1.54) is 36.4 Å². The molecule has 0 radical (unpaired) electrons. The molecule has 3 aromatic rings. The van der Waals surface area contributed by atoms with Crippen molar-refractivity contribution in [3.05, 3.63) is 89.5 Å². The monoisotopic (exact) mass is 599 g/mol. The molecule has 8 nitrogen and oxygen atoms in total. The van der Waals surface area contributed by atoms with Crippen LogP contribution in [0.1, 0.15) is 34.8 Å². The van der Waals surface area contributed by atoms with E-state index in [9.17, 15) is 27.6 Å². The minimum absolute atomic E-state index is 0.00410. The number of hydrogen-bond acceptors (Lipinski definition) is 6. The fourth-order valence-corrected chi connectivity index (χ4v) is 4.89. The lowest BCUT2D eigenvalue weighted by Crippen LogP contribution is -2.39. The van der Waals surface area contributed by atoms with Crippen molar-refractivity contribution in [2.24, 2.45) is 0 Å². The standard InChI is InChI=1S/C30H28F3N3O5S/c1-3-41-28(39)20-9-11-22(12-10-20)34-26(37)18-25-27(38)36(23-6-4-5-21(17-23)30(31,32)33)29(42)35(25)16-15-19-7-13-24(40-2)14-8-19/h4-14,17,25H,3,15-16,18H2,1-2H3,(H,34,37)/t25-/m1/s1. The van der Waals surface area contributed by atoms with Gasteiger partial charge in [-0.2, -0.15) is 13.2 Å². The Kier molecular flexibility index (Phi) is 9.46. The molecule has 42 heavy (non-hydrogen) atoms. The number of nitrogens with zero attached hydrogens (tertiary/aromatic N) is 2. The van der Waals surface area contributed by atoms with E-state index in [1.807, 2.05) is 12.1 Å². The van der Waals surface area contributed by atoms with Gasteiger partial charge in [-0.1, -0.05) is 18.2 Å².